The van der Waals surface area contributed by atoms with Gasteiger partial charge in [-0.25, -0.2) is 4.68 Å². The first-order valence-corrected chi connectivity index (χ1v) is 10.1. The summed E-state index contributed by atoms with van der Waals surface area (Å²) in [6.45, 7) is 9.68. The zero-order valence-electron chi connectivity index (χ0n) is 17.8. The Balaban J connectivity index is 1.82. The quantitative estimate of drug-likeness (QED) is 0.649. The standard InChI is InChI=1S/C23H27N5O2/c1-5-27(6-2)19-9-10-20(16(3)14-19)25-23(30)17(4)28-22(29)12-11-21(26-28)18-8-7-13-24-15-18/h7-15,17H,5-6H2,1-4H3,(H,25,30). The Morgan fingerprint density at radius 2 is 1.93 bits per heavy atom. The number of nitrogens with zero attached hydrogens (tertiary/aromatic N) is 4. The van der Waals surface area contributed by atoms with Crippen molar-refractivity contribution in [2.24, 2.45) is 0 Å². The highest BCUT2D eigenvalue weighted by atomic mass is 16.2. The van der Waals surface area contributed by atoms with E-state index in [-0.39, 0.29) is 11.5 Å². The predicted molar refractivity (Wildman–Crippen MR) is 120 cm³/mol. The number of carbonyl (C=O) groups excluding carboxylic acids is 1. The van der Waals surface area contributed by atoms with Gasteiger partial charge in [0, 0.05) is 48.5 Å². The normalized spacial score (nSPS) is 11.7. The predicted octanol–water partition coefficient (Wildman–Crippen LogP) is 3.66. The molecule has 0 aliphatic heterocycles. The Morgan fingerprint density at radius 1 is 1.17 bits per heavy atom. The van der Waals surface area contributed by atoms with Gasteiger partial charge in [-0.2, -0.15) is 5.10 Å². The minimum atomic E-state index is -0.768. The highest BCUT2D eigenvalue weighted by molar-refractivity contribution is 5.94. The first-order chi connectivity index (χ1) is 14.4. The fraction of sp³-hybridized carbons (Fsp3) is 0.304. The van der Waals surface area contributed by atoms with Crippen molar-refractivity contribution < 1.29 is 4.79 Å². The van der Waals surface area contributed by atoms with Crippen molar-refractivity contribution in [1.82, 2.24) is 14.8 Å². The smallest absolute Gasteiger partial charge is 0.267 e. The second kappa shape index (κ2) is 9.35. The van der Waals surface area contributed by atoms with Gasteiger partial charge in [-0.15, -0.1) is 0 Å². The number of nitrogens with one attached hydrogen (secondary N) is 1. The number of hydrogen-bond acceptors (Lipinski definition) is 5. The van der Waals surface area contributed by atoms with E-state index in [1.807, 2.05) is 25.1 Å². The van der Waals surface area contributed by atoms with Gasteiger partial charge in [0.1, 0.15) is 6.04 Å². The topological polar surface area (TPSA) is 80.1 Å². The van der Waals surface area contributed by atoms with E-state index in [0.717, 1.165) is 35.6 Å². The van der Waals surface area contributed by atoms with Crippen LogP contribution in [0.25, 0.3) is 11.3 Å². The van der Waals surface area contributed by atoms with Crippen molar-refractivity contribution in [3.63, 3.8) is 0 Å². The molecule has 1 amide bonds. The van der Waals surface area contributed by atoms with Crippen LogP contribution in [0.4, 0.5) is 11.4 Å². The first kappa shape index (κ1) is 21.2. The molecule has 1 N–H and O–H groups in total. The Labute approximate surface area is 176 Å². The van der Waals surface area contributed by atoms with Crippen molar-refractivity contribution in [2.45, 2.75) is 33.7 Å². The van der Waals surface area contributed by atoms with E-state index in [9.17, 15) is 9.59 Å². The van der Waals surface area contributed by atoms with Gasteiger partial charge in [0.15, 0.2) is 0 Å². The van der Waals surface area contributed by atoms with Gasteiger partial charge in [0.25, 0.3) is 5.56 Å². The maximum absolute atomic E-state index is 12.9. The molecule has 7 heteroatoms. The highest BCUT2D eigenvalue weighted by Gasteiger charge is 2.19. The molecule has 0 bridgehead atoms. The molecule has 2 aromatic heterocycles. The summed E-state index contributed by atoms with van der Waals surface area (Å²) in [5, 5.41) is 7.31. The number of hydrogen-bond donors (Lipinski definition) is 1. The lowest BCUT2D eigenvalue weighted by atomic mass is 10.1. The van der Waals surface area contributed by atoms with E-state index in [4.69, 9.17) is 0 Å². The summed E-state index contributed by atoms with van der Waals surface area (Å²) in [7, 11) is 0. The third-order valence-electron chi connectivity index (χ3n) is 5.13. The molecule has 0 saturated carbocycles. The Hall–Kier alpha value is -3.48. The minimum Gasteiger partial charge on any atom is -0.372 e. The van der Waals surface area contributed by atoms with Crippen LogP contribution < -0.4 is 15.8 Å². The third-order valence-corrected chi connectivity index (χ3v) is 5.13. The maximum Gasteiger partial charge on any atom is 0.267 e. The van der Waals surface area contributed by atoms with Gasteiger partial charge in [0.2, 0.25) is 5.91 Å². The number of aryl methyl sites for hydroxylation is 1. The Bertz CT molecular complexity index is 1070. The van der Waals surface area contributed by atoms with Gasteiger partial charge in [-0.05, 0) is 69.7 Å². The second-order valence-electron chi connectivity index (χ2n) is 7.08. The molecule has 0 fully saturated rings. The molecule has 7 nitrogen and oxygen atoms in total. The van der Waals surface area contributed by atoms with Crippen LogP contribution in [-0.4, -0.2) is 33.8 Å². The van der Waals surface area contributed by atoms with Crippen molar-refractivity contribution >= 4 is 17.3 Å². The largest absolute Gasteiger partial charge is 0.372 e. The van der Waals surface area contributed by atoms with Gasteiger partial charge < -0.3 is 10.2 Å². The number of anilines is 2. The van der Waals surface area contributed by atoms with Gasteiger partial charge in [-0.3, -0.25) is 14.6 Å². The van der Waals surface area contributed by atoms with Crippen molar-refractivity contribution in [3.8, 4) is 11.3 Å². The van der Waals surface area contributed by atoms with Crippen LogP contribution in [0.5, 0.6) is 0 Å². The van der Waals surface area contributed by atoms with Crippen LogP contribution in [0.2, 0.25) is 0 Å². The lowest BCUT2D eigenvalue weighted by Crippen LogP contribution is -2.33. The molecular weight excluding hydrogens is 378 g/mol. The zero-order valence-corrected chi connectivity index (χ0v) is 17.8. The van der Waals surface area contributed by atoms with Crippen LogP contribution in [-0.2, 0) is 4.79 Å². The molecule has 0 radical (unpaired) electrons. The SMILES string of the molecule is CCN(CC)c1ccc(NC(=O)C(C)n2nc(-c3cccnc3)ccc2=O)c(C)c1. The summed E-state index contributed by atoms with van der Waals surface area (Å²) in [6.07, 6.45) is 3.34. The average molecular weight is 406 g/mol. The van der Waals surface area contributed by atoms with E-state index in [2.05, 4.69) is 40.2 Å². The molecule has 156 valence electrons. The molecule has 1 unspecified atom stereocenters. The summed E-state index contributed by atoms with van der Waals surface area (Å²) < 4.78 is 1.21. The Kier molecular flexibility index (Phi) is 6.61. The fourth-order valence-corrected chi connectivity index (χ4v) is 3.29. The van der Waals surface area contributed by atoms with Crippen LogP contribution >= 0.6 is 0 Å². The van der Waals surface area contributed by atoms with Crippen molar-refractivity contribution in [1.29, 1.82) is 0 Å². The number of amides is 1. The fourth-order valence-electron chi connectivity index (χ4n) is 3.29. The summed E-state index contributed by atoms with van der Waals surface area (Å²) in [6, 6.07) is 11.9. The summed E-state index contributed by atoms with van der Waals surface area (Å²) in [4.78, 5) is 31.5. The van der Waals surface area contributed by atoms with Crippen LogP contribution in [0.3, 0.4) is 0 Å². The summed E-state index contributed by atoms with van der Waals surface area (Å²) >= 11 is 0. The van der Waals surface area contributed by atoms with Crippen molar-refractivity contribution in [2.75, 3.05) is 23.3 Å². The first-order valence-electron chi connectivity index (χ1n) is 10.1. The minimum absolute atomic E-state index is 0.299. The zero-order chi connectivity index (χ0) is 21.7. The number of pyridine rings is 1. The van der Waals surface area contributed by atoms with E-state index < -0.39 is 6.04 Å². The average Bonchev–Trinajstić information content (AvgIpc) is 2.76. The molecule has 0 spiro atoms. The number of rotatable bonds is 7. The maximum atomic E-state index is 12.9. The highest BCUT2D eigenvalue weighted by Crippen LogP contribution is 2.23. The second-order valence-corrected chi connectivity index (χ2v) is 7.08. The molecule has 1 aromatic carbocycles. The number of carbonyl (C=O) groups is 1. The number of aromatic nitrogens is 3. The molecular formula is C23H27N5O2. The molecule has 30 heavy (non-hydrogen) atoms. The lowest BCUT2D eigenvalue weighted by molar-refractivity contribution is -0.119. The van der Waals surface area contributed by atoms with Gasteiger partial charge >= 0.3 is 0 Å². The molecule has 3 aromatic rings. The lowest BCUT2D eigenvalue weighted by Gasteiger charge is -2.22. The summed E-state index contributed by atoms with van der Waals surface area (Å²) in [5.74, 6) is -0.299. The van der Waals surface area contributed by atoms with Crippen LogP contribution in [0.1, 0.15) is 32.4 Å². The van der Waals surface area contributed by atoms with E-state index in [1.54, 1.807) is 31.5 Å². The molecule has 2 heterocycles. The molecule has 0 aliphatic rings. The van der Waals surface area contributed by atoms with Crippen LogP contribution in [0, 0.1) is 6.92 Å². The van der Waals surface area contributed by atoms with Crippen molar-refractivity contribution in [3.05, 3.63) is 70.8 Å². The van der Waals surface area contributed by atoms with E-state index in [1.165, 1.54) is 10.7 Å². The molecule has 0 saturated heterocycles. The molecule has 0 aliphatic carbocycles. The summed E-state index contributed by atoms with van der Waals surface area (Å²) in [5.41, 5.74) is 3.83. The van der Waals surface area contributed by atoms with E-state index in [0.29, 0.717) is 5.69 Å². The van der Waals surface area contributed by atoms with Gasteiger partial charge in [-0.1, -0.05) is 0 Å². The Morgan fingerprint density at radius 3 is 2.57 bits per heavy atom. The van der Waals surface area contributed by atoms with Gasteiger partial charge in [0.05, 0.1) is 5.69 Å². The van der Waals surface area contributed by atoms with Crippen LogP contribution in [0.15, 0.2) is 59.7 Å². The molecule has 1 atom stereocenters. The third kappa shape index (κ3) is 4.56. The number of benzene rings is 1. The molecule has 3 rings (SSSR count). The monoisotopic (exact) mass is 405 g/mol. The van der Waals surface area contributed by atoms with E-state index >= 15 is 0 Å².